The second-order valence-corrected chi connectivity index (χ2v) is 6.43. The van der Waals surface area contributed by atoms with E-state index in [9.17, 15) is 18.0 Å². The first-order chi connectivity index (χ1) is 12.2. The fourth-order valence-corrected chi connectivity index (χ4v) is 2.63. The van der Waals surface area contributed by atoms with Crippen molar-refractivity contribution in [2.75, 3.05) is 6.54 Å². The van der Waals surface area contributed by atoms with Gasteiger partial charge in [-0.3, -0.25) is 9.78 Å². The molecule has 2 N–H and O–H groups in total. The van der Waals surface area contributed by atoms with E-state index in [4.69, 9.17) is 0 Å². The standard InChI is InChI=1S/C18H17F3N4O.2H2/c1-17(2,16(26)24-10-18(19,20)21)14-5-3-4-13(25-14)11-6-8-22-15-12(11)7-9-23-15;;/h3-9H,10H2,1-2H3,(H,22,23)(H,24,26);2*1H. The van der Waals surface area contributed by atoms with Gasteiger partial charge in [-0.05, 0) is 38.1 Å². The summed E-state index contributed by atoms with van der Waals surface area (Å²) in [5.41, 5.74) is 1.31. The van der Waals surface area contributed by atoms with Crippen LogP contribution in [0.1, 0.15) is 22.4 Å². The molecule has 0 saturated carbocycles. The Balaban J connectivity index is 0.00000196. The van der Waals surface area contributed by atoms with Gasteiger partial charge in [-0.15, -0.1) is 0 Å². The summed E-state index contributed by atoms with van der Waals surface area (Å²) in [4.78, 5) is 24.0. The Hall–Kier alpha value is -2.90. The zero-order valence-electron chi connectivity index (χ0n) is 14.2. The normalized spacial score (nSPS) is 12.3. The Morgan fingerprint density at radius 2 is 2.00 bits per heavy atom. The predicted molar refractivity (Wildman–Crippen MR) is 95.6 cm³/mol. The minimum absolute atomic E-state index is 0. The number of fused-ring (bicyclic) bond motifs is 1. The minimum Gasteiger partial charge on any atom is -0.346 e. The van der Waals surface area contributed by atoms with Crippen molar-refractivity contribution in [3.05, 3.63) is 48.4 Å². The van der Waals surface area contributed by atoms with Gasteiger partial charge < -0.3 is 10.3 Å². The number of carbonyl (C=O) groups is 1. The molecule has 0 aromatic carbocycles. The lowest BCUT2D eigenvalue weighted by atomic mass is 9.87. The molecule has 3 aromatic rings. The second kappa shape index (κ2) is 6.44. The van der Waals surface area contributed by atoms with E-state index in [2.05, 4.69) is 15.0 Å². The third kappa shape index (κ3) is 3.54. The van der Waals surface area contributed by atoms with Crippen molar-refractivity contribution in [2.24, 2.45) is 0 Å². The van der Waals surface area contributed by atoms with Gasteiger partial charge in [0.15, 0.2) is 0 Å². The number of hydrogen-bond donors (Lipinski definition) is 2. The maximum Gasteiger partial charge on any atom is 0.405 e. The maximum absolute atomic E-state index is 12.4. The van der Waals surface area contributed by atoms with Gasteiger partial charge >= 0.3 is 6.18 Å². The van der Waals surface area contributed by atoms with Crippen molar-refractivity contribution >= 4 is 16.9 Å². The molecular formula is C18H21F3N4O. The zero-order valence-corrected chi connectivity index (χ0v) is 14.2. The number of nitrogens with zero attached hydrogens (tertiary/aromatic N) is 2. The van der Waals surface area contributed by atoms with Gasteiger partial charge in [0, 0.05) is 26.2 Å². The van der Waals surface area contributed by atoms with E-state index in [-0.39, 0.29) is 2.85 Å². The zero-order chi connectivity index (χ0) is 18.9. The topological polar surface area (TPSA) is 70.7 Å². The van der Waals surface area contributed by atoms with Crippen LogP contribution in [0, 0.1) is 0 Å². The van der Waals surface area contributed by atoms with E-state index in [1.54, 1.807) is 50.5 Å². The fourth-order valence-electron chi connectivity index (χ4n) is 2.63. The van der Waals surface area contributed by atoms with Gasteiger partial charge in [0.05, 0.1) is 16.8 Å². The van der Waals surface area contributed by atoms with E-state index in [1.165, 1.54) is 0 Å². The van der Waals surface area contributed by atoms with Crippen LogP contribution in [0.3, 0.4) is 0 Å². The molecule has 0 unspecified atom stereocenters. The number of aromatic nitrogens is 3. The SMILES string of the molecule is CC(C)(C(=O)NCC(F)(F)F)c1cccc(-c2ccnc3[nH]ccc23)n1.[HH].[HH]. The van der Waals surface area contributed by atoms with Crippen molar-refractivity contribution in [1.29, 1.82) is 0 Å². The molecule has 0 spiro atoms. The Morgan fingerprint density at radius 3 is 2.73 bits per heavy atom. The fraction of sp³-hybridized carbons (Fsp3) is 0.278. The van der Waals surface area contributed by atoms with Crippen molar-refractivity contribution in [2.45, 2.75) is 25.4 Å². The first-order valence-electron chi connectivity index (χ1n) is 7.93. The number of nitrogens with one attached hydrogen (secondary N) is 2. The number of H-pyrrole nitrogens is 1. The average molecular weight is 366 g/mol. The van der Waals surface area contributed by atoms with Crippen LogP contribution in [0.2, 0.25) is 0 Å². The van der Waals surface area contributed by atoms with Crippen LogP contribution in [0.4, 0.5) is 13.2 Å². The summed E-state index contributed by atoms with van der Waals surface area (Å²) in [6, 6.07) is 8.82. The van der Waals surface area contributed by atoms with Gasteiger partial charge in [-0.1, -0.05) is 6.07 Å². The van der Waals surface area contributed by atoms with Crippen molar-refractivity contribution in [1.82, 2.24) is 20.3 Å². The molecule has 3 rings (SSSR count). The Bertz CT molecular complexity index is 957. The molecule has 5 nitrogen and oxygen atoms in total. The molecule has 26 heavy (non-hydrogen) atoms. The third-order valence-electron chi connectivity index (χ3n) is 4.14. The van der Waals surface area contributed by atoms with Gasteiger partial charge in [0.1, 0.15) is 12.2 Å². The highest BCUT2D eigenvalue weighted by Gasteiger charge is 2.35. The molecule has 0 atom stereocenters. The van der Waals surface area contributed by atoms with E-state index >= 15 is 0 Å². The van der Waals surface area contributed by atoms with Crippen LogP contribution in [-0.2, 0) is 10.2 Å². The summed E-state index contributed by atoms with van der Waals surface area (Å²) in [6.07, 6.45) is -1.05. The second-order valence-electron chi connectivity index (χ2n) is 6.43. The lowest BCUT2D eigenvalue weighted by Crippen LogP contribution is -2.44. The molecule has 0 saturated heterocycles. The monoisotopic (exact) mass is 366 g/mol. The molecule has 0 aliphatic carbocycles. The van der Waals surface area contributed by atoms with Crippen LogP contribution in [0.25, 0.3) is 22.3 Å². The highest BCUT2D eigenvalue weighted by Crippen LogP contribution is 2.29. The highest BCUT2D eigenvalue weighted by molar-refractivity contribution is 5.92. The van der Waals surface area contributed by atoms with Crippen molar-refractivity contribution in [3.63, 3.8) is 0 Å². The van der Waals surface area contributed by atoms with Crippen molar-refractivity contribution in [3.8, 4) is 11.3 Å². The van der Waals surface area contributed by atoms with Crippen LogP contribution in [-0.4, -0.2) is 33.6 Å². The molecule has 1 amide bonds. The van der Waals surface area contributed by atoms with Crippen LogP contribution < -0.4 is 5.32 Å². The molecule has 8 heteroatoms. The minimum atomic E-state index is -4.46. The van der Waals surface area contributed by atoms with Gasteiger partial charge in [0.25, 0.3) is 0 Å². The summed E-state index contributed by atoms with van der Waals surface area (Å²) < 4.78 is 37.1. The quantitative estimate of drug-likeness (QED) is 0.731. The largest absolute Gasteiger partial charge is 0.405 e. The number of pyridine rings is 2. The van der Waals surface area contributed by atoms with Gasteiger partial charge in [-0.25, -0.2) is 4.98 Å². The smallest absolute Gasteiger partial charge is 0.346 e. The molecular weight excluding hydrogens is 345 g/mol. The van der Waals surface area contributed by atoms with E-state index in [1.807, 2.05) is 11.4 Å². The first-order valence-corrected chi connectivity index (χ1v) is 7.93. The van der Waals surface area contributed by atoms with Gasteiger partial charge in [0.2, 0.25) is 5.91 Å². The molecule has 3 heterocycles. The van der Waals surface area contributed by atoms with E-state index in [0.717, 1.165) is 10.9 Å². The molecule has 0 radical (unpaired) electrons. The summed E-state index contributed by atoms with van der Waals surface area (Å²) in [7, 11) is 0. The number of hydrogen-bond acceptors (Lipinski definition) is 3. The first kappa shape index (κ1) is 17.9. The van der Waals surface area contributed by atoms with Crippen LogP contribution in [0.5, 0.6) is 0 Å². The number of alkyl halides is 3. The lowest BCUT2D eigenvalue weighted by molar-refractivity contribution is -0.141. The molecule has 3 aromatic heterocycles. The molecule has 0 fully saturated rings. The van der Waals surface area contributed by atoms with E-state index in [0.29, 0.717) is 17.0 Å². The van der Waals surface area contributed by atoms with Crippen molar-refractivity contribution < 1.29 is 20.8 Å². The van der Waals surface area contributed by atoms with Crippen LogP contribution in [0.15, 0.2) is 42.7 Å². The number of carbonyl (C=O) groups excluding carboxylic acids is 1. The van der Waals surface area contributed by atoms with Crippen LogP contribution >= 0.6 is 0 Å². The summed E-state index contributed by atoms with van der Waals surface area (Å²) in [5, 5.41) is 2.80. The predicted octanol–water partition coefficient (Wildman–Crippen LogP) is 4.07. The number of halogens is 3. The van der Waals surface area contributed by atoms with Gasteiger partial charge in [-0.2, -0.15) is 13.2 Å². The average Bonchev–Trinajstić information content (AvgIpc) is 3.07. The maximum atomic E-state index is 12.4. The Kier molecular flexibility index (Phi) is 4.43. The number of aromatic amines is 1. The summed E-state index contributed by atoms with van der Waals surface area (Å²) in [5.74, 6) is -0.735. The third-order valence-corrected chi connectivity index (χ3v) is 4.14. The lowest BCUT2D eigenvalue weighted by Gasteiger charge is -2.24. The number of amides is 1. The summed E-state index contributed by atoms with van der Waals surface area (Å²) >= 11 is 0. The molecule has 0 aliphatic heterocycles. The van der Waals surface area contributed by atoms with E-state index < -0.39 is 24.0 Å². The Labute approximate surface area is 150 Å². The Morgan fingerprint density at radius 1 is 1.23 bits per heavy atom. The molecule has 140 valence electrons. The molecule has 0 aliphatic rings. The summed E-state index contributed by atoms with van der Waals surface area (Å²) in [6.45, 7) is 1.72. The number of rotatable bonds is 4. The highest BCUT2D eigenvalue weighted by atomic mass is 19.4. The molecule has 0 bridgehead atoms.